The Morgan fingerprint density at radius 1 is 1.39 bits per heavy atom. The lowest BCUT2D eigenvalue weighted by molar-refractivity contribution is -0.0394. The van der Waals surface area contributed by atoms with Crippen LogP contribution in [-0.4, -0.2) is 16.6 Å². The van der Waals surface area contributed by atoms with E-state index in [1.165, 1.54) is 0 Å². The van der Waals surface area contributed by atoms with Crippen molar-refractivity contribution in [1.29, 1.82) is 0 Å². The molecule has 0 aliphatic rings. The van der Waals surface area contributed by atoms with Crippen LogP contribution in [0.5, 0.6) is 0 Å². The Kier molecular flexibility index (Phi) is 5.53. The summed E-state index contributed by atoms with van der Waals surface area (Å²) in [7, 11) is 0. The molecule has 5 heteroatoms. The zero-order valence-corrected chi connectivity index (χ0v) is 13.1. The highest BCUT2D eigenvalue weighted by Gasteiger charge is 2.28. The van der Waals surface area contributed by atoms with Gasteiger partial charge in [0.05, 0.1) is 5.69 Å². The Morgan fingerprint density at radius 2 is 2.06 bits per heavy atom. The second kappa shape index (κ2) is 6.48. The quantitative estimate of drug-likeness (QED) is 0.877. The van der Waals surface area contributed by atoms with Gasteiger partial charge in [0.25, 0.3) is 5.56 Å². The van der Waals surface area contributed by atoms with Crippen molar-refractivity contribution < 1.29 is 4.74 Å². The van der Waals surface area contributed by atoms with Crippen LogP contribution in [0.3, 0.4) is 0 Å². The van der Waals surface area contributed by atoms with E-state index in [0.717, 1.165) is 25.0 Å². The number of nitrogens with one attached hydrogen (secondary N) is 1. The lowest BCUT2D eigenvalue weighted by atomic mass is 10.0. The number of ether oxygens (including phenoxy) is 1. The predicted molar refractivity (Wildman–Crippen MR) is 75.8 cm³/mol. The monoisotopic (exact) mass is 316 g/mol. The fourth-order valence-electron chi connectivity index (χ4n) is 1.81. The van der Waals surface area contributed by atoms with Crippen LogP contribution in [0, 0.1) is 0 Å². The minimum Gasteiger partial charge on any atom is -0.368 e. The molecule has 1 unspecified atom stereocenters. The molecule has 1 N–H and O–H groups in total. The summed E-state index contributed by atoms with van der Waals surface area (Å²) in [5.74, 6) is 0.614. The zero-order chi connectivity index (χ0) is 13.8. The Balaban J connectivity index is 3.28. The maximum atomic E-state index is 11.9. The molecule has 0 aromatic carbocycles. The van der Waals surface area contributed by atoms with E-state index in [-0.39, 0.29) is 5.56 Å². The topological polar surface area (TPSA) is 55.0 Å². The summed E-state index contributed by atoms with van der Waals surface area (Å²) in [4.78, 5) is 19.3. The van der Waals surface area contributed by atoms with E-state index in [9.17, 15) is 4.79 Å². The van der Waals surface area contributed by atoms with Crippen LogP contribution >= 0.6 is 15.9 Å². The summed E-state index contributed by atoms with van der Waals surface area (Å²) in [5.41, 5.74) is 0.135. The average Bonchev–Trinajstić information content (AvgIpc) is 2.35. The first-order chi connectivity index (χ1) is 8.48. The van der Waals surface area contributed by atoms with E-state index in [0.29, 0.717) is 16.9 Å². The van der Waals surface area contributed by atoms with Gasteiger partial charge in [-0.3, -0.25) is 4.79 Å². The number of nitrogens with zero attached hydrogens (tertiary/aromatic N) is 1. The SMILES string of the molecule is CCCc1nc(C(C)(CC)OCC)[nH]c(=O)c1Br. The van der Waals surface area contributed by atoms with Crippen molar-refractivity contribution >= 4 is 15.9 Å². The zero-order valence-electron chi connectivity index (χ0n) is 11.5. The molecule has 1 aromatic heterocycles. The normalized spacial score (nSPS) is 14.5. The van der Waals surface area contributed by atoms with Gasteiger partial charge in [0.15, 0.2) is 0 Å². The van der Waals surface area contributed by atoms with Crippen LogP contribution < -0.4 is 5.56 Å². The maximum Gasteiger partial charge on any atom is 0.265 e. The molecule has 4 nitrogen and oxygen atoms in total. The van der Waals surface area contributed by atoms with Crippen molar-refractivity contribution in [3.05, 3.63) is 26.3 Å². The third-order valence-electron chi connectivity index (χ3n) is 3.06. The Bertz CT molecular complexity index is 459. The lowest BCUT2D eigenvalue weighted by Gasteiger charge is -2.27. The van der Waals surface area contributed by atoms with Gasteiger partial charge in [0.2, 0.25) is 0 Å². The molecule has 0 saturated heterocycles. The number of rotatable bonds is 6. The first-order valence-electron chi connectivity index (χ1n) is 6.41. The first kappa shape index (κ1) is 15.4. The average molecular weight is 317 g/mol. The number of hydrogen-bond acceptors (Lipinski definition) is 3. The highest BCUT2D eigenvalue weighted by Crippen LogP contribution is 2.26. The van der Waals surface area contributed by atoms with Gasteiger partial charge in [-0.2, -0.15) is 0 Å². The van der Waals surface area contributed by atoms with Gasteiger partial charge in [-0.1, -0.05) is 20.3 Å². The maximum absolute atomic E-state index is 11.9. The largest absolute Gasteiger partial charge is 0.368 e. The van der Waals surface area contributed by atoms with Crippen LogP contribution in [0.2, 0.25) is 0 Å². The first-order valence-corrected chi connectivity index (χ1v) is 7.20. The van der Waals surface area contributed by atoms with E-state index < -0.39 is 5.60 Å². The van der Waals surface area contributed by atoms with Gasteiger partial charge in [0, 0.05) is 6.61 Å². The molecule has 102 valence electrons. The number of aromatic nitrogens is 2. The number of H-pyrrole nitrogens is 1. The minimum absolute atomic E-state index is 0.136. The molecule has 0 spiro atoms. The van der Waals surface area contributed by atoms with Crippen molar-refractivity contribution in [2.75, 3.05) is 6.61 Å². The third-order valence-corrected chi connectivity index (χ3v) is 3.87. The number of hydrogen-bond donors (Lipinski definition) is 1. The van der Waals surface area contributed by atoms with E-state index >= 15 is 0 Å². The van der Waals surface area contributed by atoms with Crippen molar-refractivity contribution in [1.82, 2.24) is 9.97 Å². The van der Waals surface area contributed by atoms with Gasteiger partial charge < -0.3 is 9.72 Å². The molecular weight excluding hydrogens is 296 g/mol. The van der Waals surface area contributed by atoms with Gasteiger partial charge in [-0.15, -0.1) is 0 Å². The van der Waals surface area contributed by atoms with E-state index in [1.807, 2.05) is 20.8 Å². The van der Waals surface area contributed by atoms with Crippen LogP contribution in [0.25, 0.3) is 0 Å². The van der Waals surface area contributed by atoms with E-state index in [2.05, 4.69) is 32.8 Å². The second-order valence-electron chi connectivity index (χ2n) is 4.44. The standard InChI is InChI=1S/C13H21BrN2O2/c1-5-8-9-10(14)11(17)16-12(15-9)13(4,6-2)18-7-3/h5-8H2,1-4H3,(H,15,16,17). The summed E-state index contributed by atoms with van der Waals surface area (Å²) in [6, 6.07) is 0. The lowest BCUT2D eigenvalue weighted by Crippen LogP contribution is -2.31. The molecule has 0 bridgehead atoms. The highest BCUT2D eigenvalue weighted by atomic mass is 79.9. The molecule has 18 heavy (non-hydrogen) atoms. The number of halogens is 1. The Morgan fingerprint density at radius 3 is 2.56 bits per heavy atom. The van der Waals surface area contributed by atoms with Crippen LogP contribution in [-0.2, 0) is 16.8 Å². The van der Waals surface area contributed by atoms with Crippen molar-refractivity contribution in [2.24, 2.45) is 0 Å². The van der Waals surface area contributed by atoms with Crippen molar-refractivity contribution in [3.63, 3.8) is 0 Å². The fourth-order valence-corrected chi connectivity index (χ4v) is 2.20. The smallest absolute Gasteiger partial charge is 0.265 e. The van der Waals surface area contributed by atoms with Crippen LogP contribution in [0.4, 0.5) is 0 Å². The van der Waals surface area contributed by atoms with Crippen LogP contribution in [0.1, 0.15) is 52.1 Å². The summed E-state index contributed by atoms with van der Waals surface area (Å²) >= 11 is 3.30. The van der Waals surface area contributed by atoms with Crippen molar-refractivity contribution in [3.8, 4) is 0 Å². The molecule has 1 atom stereocenters. The molecule has 0 aliphatic heterocycles. The van der Waals surface area contributed by atoms with Gasteiger partial charge >= 0.3 is 0 Å². The van der Waals surface area contributed by atoms with Gasteiger partial charge in [0.1, 0.15) is 15.9 Å². The molecule has 0 radical (unpaired) electrons. The third kappa shape index (κ3) is 3.20. The fraction of sp³-hybridized carbons (Fsp3) is 0.692. The summed E-state index contributed by atoms with van der Waals surface area (Å²) < 4.78 is 6.28. The predicted octanol–water partition coefficient (Wildman–Crippen LogP) is 3.15. The molecule has 1 aromatic rings. The second-order valence-corrected chi connectivity index (χ2v) is 5.24. The van der Waals surface area contributed by atoms with E-state index in [1.54, 1.807) is 0 Å². The summed E-state index contributed by atoms with van der Waals surface area (Å²) in [6.07, 6.45) is 2.49. The Hall–Kier alpha value is -0.680. The van der Waals surface area contributed by atoms with E-state index in [4.69, 9.17) is 4.74 Å². The molecular formula is C13H21BrN2O2. The van der Waals surface area contributed by atoms with Gasteiger partial charge in [-0.05, 0) is 42.6 Å². The molecule has 0 amide bonds. The number of aryl methyl sites for hydroxylation is 1. The molecule has 0 aliphatic carbocycles. The Labute approximate surface area is 116 Å². The highest BCUT2D eigenvalue weighted by molar-refractivity contribution is 9.10. The molecule has 1 rings (SSSR count). The summed E-state index contributed by atoms with van der Waals surface area (Å²) in [5, 5.41) is 0. The van der Waals surface area contributed by atoms with Crippen LogP contribution in [0.15, 0.2) is 9.27 Å². The molecule has 0 fully saturated rings. The molecule has 0 saturated carbocycles. The number of aromatic amines is 1. The molecule has 1 heterocycles. The van der Waals surface area contributed by atoms with Crippen molar-refractivity contribution in [2.45, 2.75) is 52.6 Å². The minimum atomic E-state index is -0.531. The van der Waals surface area contributed by atoms with Gasteiger partial charge in [-0.25, -0.2) is 4.98 Å². The summed E-state index contributed by atoms with van der Waals surface area (Å²) in [6.45, 7) is 8.58.